The number of para-hydroxylation sites is 2. The van der Waals surface area contributed by atoms with E-state index in [0.29, 0.717) is 5.02 Å². The summed E-state index contributed by atoms with van der Waals surface area (Å²) >= 11 is 6.11. The van der Waals surface area contributed by atoms with Gasteiger partial charge in [-0.25, -0.2) is 4.98 Å². The van der Waals surface area contributed by atoms with Crippen LogP contribution in [0.5, 0.6) is 5.75 Å². The Hall–Kier alpha value is -2.20. The number of unbranched alkanes of at least 4 members (excludes halogenated alkanes) is 4. The van der Waals surface area contributed by atoms with Gasteiger partial charge in [-0.1, -0.05) is 56.3 Å². The van der Waals surface area contributed by atoms with Crippen LogP contribution in [0.15, 0.2) is 42.5 Å². The van der Waals surface area contributed by atoms with E-state index in [-0.39, 0.29) is 11.8 Å². The van der Waals surface area contributed by atoms with E-state index in [2.05, 4.69) is 22.9 Å². The first-order valence-corrected chi connectivity index (χ1v) is 10.2. The van der Waals surface area contributed by atoms with Gasteiger partial charge >= 0.3 is 0 Å². The highest BCUT2D eigenvalue weighted by Crippen LogP contribution is 2.30. The first-order chi connectivity index (χ1) is 13.1. The predicted octanol–water partition coefficient (Wildman–Crippen LogP) is 6.54. The van der Waals surface area contributed by atoms with Crippen LogP contribution in [0.25, 0.3) is 11.0 Å². The van der Waals surface area contributed by atoms with Gasteiger partial charge in [0.2, 0.25) is 5.95 Å². The number of nitrogens with zero attached hydrogens (tertiary/aromatic N) is 2. The Labute approximate surface area is 166 Å². The van der Waals surface area contributed by atoms with E-state index >= 15 is 0 Å². The first kappa shape index (κ1) is 19.6. The first-order valence-electron chi connectivity index (χ1n) is 9.80. The van der Waals surface area contributed by atoms with Crippen LogP contribution < -0.4 is 5.32 Å². The quantitative estimate of drug-likeness (QED) is 0.411. The van der Waals surface area contributed by atoms with Crippen molar-refractivity contribution in [3.8, 4) is 5.75 Å². The van der Waals surface area contributed by atoms with Gasteiger partial charge in [0.1, 0.15) is 5.75 Å². The summed E-state index contributed by atoms with van der Waals surface area (Å²) < 4.78 is 2.25. The summed E-state index contributed by atoms with van der Waals surface area (Å²) in [6.07, 6.45) is 6.18. The largest absolute Gasteiger partial charge is 0.508 e. The number of phenolic OH excluding ortho intramolecular Hbond substituents is 1. The van der Waals surface area contributed by atoms with Gasteiger partial charge in [-0.3, -0.25) is 0 Å². The number of phenols is 1. The lowest BCUT2D eigenvalue weighted by Gasteiger charge is -2.18. The van der Waals surface area contributed by atoms with E-state index in [1.54, 1.807) is 18.2 Å². The number of aryl methyl sites for hydroxylation is 1. The lowest BCUT2D eigenvalue weighted by molar-refractivity contribution is 0.465. The minimum atomic E-state index is -0.112. The molecular formula is C22H28ClN3O. The number of nitrogens with one attached hydrogen (secondary N) is 1. The molecular weight excluding hydrogens is 358 g/mol. The van der Waals surface area contributed by atoms with Crippen molar-refractivity contribution in [3.63, 3.8) is 0 Å². The average Bonchev–Trinajstić information content (AvgIpc) is 3.00. The van der Waals surface area contributed by atoms with E-state index in [1.807, 2.05) is 25.1 Å². The van der Waals surface area contributed by atoms with Crippen molar-refractivity contribution in [3.05, 3.63) is 53.1 Å². The second kappa shape index (κ2) is 9.14. The third-order valence-corrected chi connectivity index (χ3v) is 5.18. The number of aromatic hydroxyl groups is 1. The number of aromatic nitrogens is 2. The number of anilines is 1. The molecule has 0 amide bonds. The Bertz CT molecular complexity index is 890. The molecule has 4 nitrogen and oxygen atoms in total. The second-order valence-corrected chi connectivity index (χ2v) is 7.50. The Morgan fingerprint density at radius 3 is 2.70 bits per heavy atom. The molecule has 3 aromatic rings. The van der Waals surface area contributed by atoms with Crippen LogP contribution in [0.1, 0.15) is 57.6 Å². The molecule has 1 atom stereocenters. The summed E-state index contributed by atoms with van der Waals surface area (Å²) in [6.45, 7) is 5.18. The molecule has 2 aromatic carbocycles. The van der Waals surface area contributed by atoms with Crippen molar-refractivity contribution < 1.29 is 5.11 Å². The van der Waals surface area contributed by atoms with Gasteiger partial charge in [0.25, 0.3) is 0 Å². The smallest absolute Gasteiger partial charge is 0.204 e. The lowest BCUT2D eigenvalue weighted by Crippen LogP contribution is -2.12. The molecule has 144 valence electrons. The highest BCUT2D eigenvalue weighted by molar-refractivity contribution is 6.30. The molecule has 0 spiro atoms. The van der Waals surface area contributed by atoms with Crippen molar-refractivity contribution in [1.82, 2.24) is 9.55 Å². The highest BCUT2D eigenvalue weighted by Gasteiger charge is 2.16. The van der Waals surface area contributed by atoms with Crippen molar-refractivity contribution in [2.75, 3.05) is 5.32 Å². The Balaban J connectivity index is 1.82. The molecule has 0 radical (unpaired) electrons. The van der Waals surface area contributed by atoms with Crippen molar-refractivity contribution in [2.24, 2.45) is 0 Å². The van der Waals surface area contributed by atoms with E-state index in [4.69, 9.17) is 16.6 Å². The zero-order valence-electron chi connectivity index (χ0n) is 16.1. The van der Waals surface area contributed by atoms with Gasteiger partial charge in [-0.15, -0.1) is 0 Å². The topological polar surface area (TPSA) is 50.1 Å². The average molecular weight is 386 g/mol. The highest BCUT2D eigenvalue weighted by atomic mass is 35.5. The summed E-state index contributed by atoms with van der Waals surface area (Å²) in [7, 11) is 0. The van der Waals surface area contributed by atoms with Gasteiger partial charge in [0.05, 0.1) is 17.1 Å². The fraction of sp³-hybridized carbons (Fsp3) is 0.409. The molecule has 0 fully saturated rings. The molecule has 3 rings (SSSR count). The third kappa shape index (κ3) is 4.75. The zero-order valence-corrected chi connectivity index (χ0v) is 16.8. The van der Waals surface area contributed by atoms with Crippen LogP contribution in [-0.4, -0.2) is 14.7 Å². The fourth-order valence-corrected chi connectivity index (χ4v) is 3.61. The van der Waals surface area contributed by atoms with Gasteiger partial charge in [-0.2, -0.15) is 0 Å². The molecule has 2 N–H and O–H groups in total. The van der Waals surface area contributed by atoms with E-state index in [1.165, 1.54) is 25.7 Å². The number of benzene rings is 2. The number of fused-ring (bicyclic) bond motifs is 1. The summed E-state index contributed by atoms with van der Waals surface area (Å²) in [5.41, 5.74) is 2.89. The molecule has 0 saturated carbocycles. The fourth-order valence-electron chi connectivity index (χ4n) is 3.43. The molecule has 0 saturated heterocycles. The standard InChI is InChI=1S/C22H28ClN3O/c1-3-4-5-6-9-14-26-20-11-8-7-10-19(20)25-22(26)24-16(2)18-15-17(23)12-13-21(18)27/h7-8,10-13,15-16,27H,3-6,9,14H2,1-2H3,(H,24,25)/t16-/m1/s1. The van der Waals surface area contributed by atoms with E-state index in [9.17, 15) is 5.11 Å². The molecule has 0 unspecified atom stereocenters. The van der Waals surface area contributed by atoms with Gasteiger partial charge in [0.15, 0.2) is 0 Å². The minimum Gasteiger partial charge on any atom is -0.508 e. The molecule has 0 bridgehead atoms. The lowest BCUT2D eigenvalue weighted by atomic mass is 10.1. The van der Waals surface area contributed by atoms with E-state index < -0.39 is 0 Å². The Kier molecular flexibility index (Phi) is 6.62. The third-order valence-electron chi connectivity index (χ3n) is 4.94. The molecule has 1 aromatic heterocycles. The number of hydrogen-bond donors (Lipinski definition) is 2. The van der Waals surface area contributed by atoms with Gasteiger partial charge in [0, 0.05) is 17.1 Å². The number of rotatable bonds is 9. The van der Waals surface area contributed by atoms with Crippen LogP contribution in [0.4, 0.5) is 5.95 Å². The maximum atomic E-state index is 10.2. The molecule has 27 heavy (non-hydrogen) atoms. The van der Waals surface area contributed by atoms with Crippen LogP contribution in [0.2, 0.25) is 5.02 Å². The van der Waals surface area contributed by atoms with Crippen molar-refractivity contribution in [1.29, 1.82) is 0 Å². The maximum Gasteiger partial charge on any atom is 0.204 e. The molecule has 0 aliphatic rings. The normalized spacial score (nSPS) is 12.4. The van der Waals surface area contributed by atoms with Crippen molar-refractivity contribution in [2.45, 2.75) is 58.5 Å². The maximum absolute atomic E-state index is 10.2. The summed E-state index contributed by atoms with van der Waals surface area (Å²) in [6, 6.07) is 13.2. The summed E-state index contributed by atoms with van der Waals surface area (Å²) in [4.78, 5) is 4.78. The van der Waals surface area contributed by atoms with Crippen LogP contribution in [0.3, 0.4) is 0 Å². The predicted molar refractivity (Wildman–Crippen MR) is 114 cm³/mol. The summed E-state index contributed by atoms with van der Waals surface area (Å²) in [5.74, 6) is 1.07. The SMILES string of the molecule is CCCCCCCn1c(N[C@H](C)c2cc(Cl)ccc2O)nc2ccccc21. The van der Waals surface area contributed by atoms with Gasteiger partial charge < -0.3 is 15.0 Å². The molecule has 1 heterocycles. The second-order valence-electron chi connectivity index (χ2n) is 7.06. The Morgan fingerprint density at radius 1 is 1.11 bits per heavy atom. The van der Waals surface area contributed by atoms with Crippen molar-refractivity contribution >= 4 is 28.6 Å². The number of hydrogen-bond acceptors (Lipinski definition) is 3. The zero-order chi connectivity index (χ0) is 19.2. The molecule has 0 aliphatic carbocycles. The summed E-state index contributed by atoms with van der Waals surface area (Å²) in [5, 5.41) is 14.3. The van der Waals surface area contributed by atoms with Crippen LogP contribution >= 0.6 is 11.6 Å². The van der Waals surface area contributed by atoms with Crippen LogP contribution in [-0.2, 0) is 6.54 Å². The Morgan fingerprint density at radius 2 is 1.89 bits per heavy atom. The monoisotopic (exact) mass is 385 g/mol. The number of halogens is 1. The van der Waals surface area contributed by atoms with Crippen LogP contribution in [0, 0.1) is 0 Å². The minimum absolute atomic E-state index is 0.112. The molecule has 0 aliphatic heterocycles. The number of imidazole rings is 1. The molecule has 5 heteroatoms. The van der Waals surface area contributed by atoms with E-state index in [0.717, 1.165) is 35.5 Å². The van der Waals surface area contributed by atoms with Gasteiger partial charge in [-0.05, 0) is 43.7 Å².